The Labute approximate surface area is 495 Å². The van der Waals surface area contributed by atoms with Crippen LogP contribution in [0, 0.1) is 6.07 Å². The van der Waals surface area contributed by atoms with E-state index in [4.69, 9.17) is 0 Å². The Morgan fingerprint density at radius 2 is 0.887 bits per heavy atom. The average Bonchev–Trinajstić information content (AvgIpc) is 4.20. The summed E-state index contributed by atoms with van der Waals surface area (Å²) >= 11 is 1.18. The van der Waals surface area contributed by atoms with Gasteiger partial charge in [-0.2, -0.15) is 18.2 Å². The topological polar surface area (TPSA) is 0 Å². The first kappa shape index (κ1) is 57.6. The molecule has 0 radical (unpaired) electrons. The van der Waals surface area contributed by atoms with Gasteiger partial charge in [0.15, 0.2) is 0 Å². The Morgan fingerprint density at radius 3 is 1.39 bits per heavy atom. The van der Waals surface area contributed by atoms with E-state index in [0.29, 0.717) is 0 Å². The van der Waals surface area contributed by atoms with Crippen molar-refractivity contribution >= 4 is 46.8 Å². The van der Waals surface area contributed by atoms with Crippen LogP contribution in [0.25, 0.3) is 98.7 Å². The van der Waals surface area contributed by atoms with Crippen molar-refractivity contribution in [2.24, 2.45) is 0 Å². The van der Waals surface area contributed by atoms with Crippen molar-refractivity contribution in [2.45, 2.75) is 65.0 Å². The Morgan fingerprint density at radius 1 is 0.425 bits per heavy atom. The number of rotatable bonds is 5. The minimum absolute atomic E-state index is 0. The molecule has 0 unspecified atom stereocenters. The summed E-state index contributed by atoms with van der Waals surface area (Å²) in [6.07, 6.45) is -3.37. The van der Waals surface area contributed by atoms with Crippen LogP contribution in [-0.2, 0) is 47.7 Å². The van der Waals surface area contributed by atoms with E-state index < -0.39 is 11.7 Å². The average molecular weight is 1170 g/mol. The molecule has 12 aromatic rings. The quantitative estimate of drug-likeness (QED) is 0.119. The van der Waals surface area contributed by atoms with Crippen molar-refractivity contribution in [1.29, 1.82) is 0 Å². The van der Waals surface area contributed by atoms with Gasteiger partial charge in [0, 0.05) is 0 Å². The molecule has 0 bridgehead atoms. The van der Waals surface area contributed by atoms with Gasteiger partial charge in [-0.1, -0.05) is 222 Å². The fraction of sp³-hybridized carbons (Fsp3) is 0.135. The molecule has 0 fully saturated rings. The van der Waals surface area contributed by atoms with Crippen LogP contribution in [0.2, 0.25) is 0 Å². The zero-order valence-corrected chi connectivity index (χ0v) is 49.6. The number of alkyl halides is 3. The first-order chi connectivity index (χ1) is 37.5. The first-order valence-corrected chi connectivity index (χ1v) is 28.1. The van der Waals surface area contributed by atoms with Crippen molar-refractivity contribution in [3.8, 4) is 55.6 Å². The third-order valence-electron chi connectivity index (χ3n) is 15.2. The van der Waals surface area contributed by atoms with Crippen LogP contribution in [0.5, 0.6) is 0 Å². The number of benzene rings is 11. The van der Waals surface area contributed by atoms with Crippen LogP contribution in [0.1, 0.15) is 74.9 Å². The second kappa shape index (κ2) is 23.6. The maximum absolute atomic E-state index is 12.0. The maximum Gasteiger partial charge on any atom is -0.172 e. The summed E-state index contributed by atoms with van der Waals surface area (Å²) in [7, 11) is 0. The first-order valence-electron chi connectivity index (χ1n) is 26.7. The van der Waals surface area contributed by atoms with Crippen LogP contribution < -0.4 is 24.8 Å². The monoisotopic (exact) mass is 1160 g/mol. The van der Waals surface area contributed by atoms with E-state index in [-0.39, 0.29) is 35.6 Å². The van der Waals surface area contributed by atoms with E-state index in [1.165, 1.54) is 157 Å². The van der Waals surface area contributed by atoms with Crippen LogP contribution in [0.15, 0.2) is 231 Å². The second-order valence-electron chi connectivity index (χ2n) is 22.4. The van der Waals surface area contributed by atoms with E-state index in [0.717, 1.165) is 24.1 Å². The molecule has 0 atom stereocenters. The van der Waals surface area contributed by atoms with E-state index in [1.54, 1.807) is 0 Å². The summed E-state index contributed by atoms with van der Waals surface area (Å²) in [4.78, 5) is 0. The Kier molecular flexibility index (Phi) is 17.0. The SMILES string of the molecule is CC(C)(C)c1cc2c([c-]c1-c1ccccc1-c1ccc3c(ccc4ccccc43)c1)Cc1cc(-c3ccccc3-c3ccc4c(ccc5ccccc54)c3)c(C(C)(C)C)cc1-2.FC(F)(F)c1ccc([CH]=[Zr+2])cc1.[Cl-].[Cl-].c1cc[cH-]c1. The van der Waals surface area contributed by atoms with Crippen LogP contribution in [0.4, 0.5) is 13.2 Å². The summed E-state index contributed by atoms with van der Waals surface area (Å²) in [5, 5.41) is 10.3. The second-order valence-corrected chi connectivity index (χ2v) is 23.2. The normalized spacial score (nSPS) is 11.9. The Balaban J connectivity index is 0.000000350. The van der Waals surface area contributed by atoms with Gasteiger partial charge in [-0.25, -0.2) is 12.1 Å². The van der Waals surface area contributed by atoms with Crippen molar-refractivity contribution < 1.29 is 62.2 Å². The fourth-order valence-electron chi connectivity index (χ4n) is 11.2. The maximum atomic E-state index is 12.0. The van der Waals surface area contributed by atoms with E-state index in [1.807, 2.05) is 34.0 Å². The van der Waals surface area contributed by atoms with Gasteiger partial charge in [-0.05, 0) is 111 Å². The predicted octanol–water partition coefficient (Wildman–Crippen LogP) is 14.7. The van der Waals surface area contributed by atoms with Crippen LogP contribution >= 0.6 is 0 Å². The number of fused-ring (bicyclic) bond motifs is 9. The molecule has 0 nitrogen and oxygen atoms in total. The van der Waals surface area contributed by atoms with Gasteiger partial charge in [0.2, 0.25) is 0 Å². The van der Waals surface area contributed by atoms with Crippen molar-refractivity contribution in [3.63, 3.8) is 0 Å². The molecule has 0 aliphatic heterocycles. The smallest absolute Gasteiger partial charge is 0.172 e. The summed E-state index contributed by atoms with van der Waals surface area (Å²) in [6, 6.07) is 85.2. The fourth-order valence-corrected chi connectivity index (χ4v) is 11.7. The molecule has 0 saturated heterocycles. The Hall–Kier alpha value is -7.07. The van der Waals surface area contributed by atoms with Gasteiger partial charge in [-0.3, -0.25) is 0 Å². The molecule has 1 aliphatic rings. The van der Waals surface area contributed by atoms with Gasteiger partial charge in [0.1, 0.15) is 0 Å². The number of halogens is 5. The van der Waals surface area contributed by atoms with Gasteiger partial charge in [0.25, 0.3) is 0 Å². The van der Waals surface area contributed by atoms with Crippen molar-refractivity contribution in [1.82, 2.24) is 0 Å². The molecule has 0 heterocycles. The summed E-state index contributed by atoms with van der Waals surface area (Å²) in [5.41, 5.74) is 18.1. The number of hydrogen-bond acceptors (Lipinski definition) is 0. The molecule has 0 amide bonds. The molecular weight excluding hydrogens is 1110 g/mol. The summed E-state index contributed by atoms with van der Waals surface area (Å²) in [5.74, 6) is 0. The Bertz CT molecular complexity index is 3950. The molecular formula is C74H59Cl2F3Zr-2. The zero-order valence-electron chi connectivity index (χ0n) is 45.6. The molecule has 13 rings (SSSR count). The molecule has 0 spiro atoms. The largest absolute Gasteiger partial charge is 1.00 e. The summed E-state index contributed by atoms with van der Waals surface area (Å²) in [6.45, 7) is 14.1. The number of hydrogen-bond donors (Lipinski definition) is 0. The molecule has 0 aromatic heterocycles. The molecule has 0 N–H and O–H groups in total. The van der Waals surface area contributed by atoms with Gasteiger partial charge >= 0.3 is 82.7 Å². The van der Waals surface area contributed by atoms with Crippen molar-refractivity contribution in [2.75, 3.05) is 0 Å². The van der Waals surface area contributed by atoms with Crippen LogP contribution in [-0.4, -0.2) is 3.71 Å². The third-order valence-corrected chi connectivity index (χ3v) is 16.0. The molecule has 0 saturated carbocycles. The third kappa shape index (κ3) is 11.7. The van der Waals surface area contributed by atoms with Crippen LogP contribution in [0.3, 0.4) is 0 Å². The van der Waals surface area contributed by atoms with Gasteiger partial charge < -0.3 is 24.8 Å². The molecule has 1 aliphatic carbocycles. The zero-order chi connectivity index (χ0) is 54.3. The van der Waals surface area contributed by atoms with Gasteiger partial charge in [-0.15, -0.1) is 28.8 Å². The molecule has 12 aromatic carbocycles. The van der Waals surface area contributed by atoms with Gasteiger partial charge in [0.05, 0.1) is 0 Å². The minimum atomic E-state index is -4.22. The molecule has 80 heavy (non-hydrogen) atoms. The molecule has 396 valence electrons. The van der Waals surface area contributed by atoms with Crippen molar-refractivity contribution in [3.05, 3.63) is 270 Å². The van der Waals surface area contributed by atoms with E-state index >= 15 is 0 Å². The summed E-state index contributed by atoms with van der Waals surface area (Å²) < 4.78 is 37.9. The van der Waals surface area contributed by atoms with E-state index in [9.17, 15) is 13.2 Å². The minimum Gasteiger partial charge on any atom is -1.00 e. The van der Waals surface area contributed by atoms with E-state index in [2.05, 4.69) is 224 Å². The predicted molar refractivity (Wildman–Crippen MR) is 321 cm³/mol. The standard InChI is InChI=1S/C61H49.C8H5F3.C5H5.2ClH.Zr/c1-60(2,3)58-36-54-44(34-56(58)52-21-13-11-19-48(52)42-27-29-50-40(31-42)25-23-38-15-7-9-17-46(38)50)33-45-35-57(59(37-55(45)54)61(4,5)6)53-22-14-12-20-49(53)43-28-30-51-41(32-43)26-24-39-16-8-10-18-47(39)51;1-6-2-4-7(5-3-6)8(9,10)11;1-2-4-5-3-1;;;/h7-32,34,36-37H,33H2,1-6H3;1-5H;1-5H;2*1H;/q-1;;-1;;;+2/p-2. The molecule has 6 heteroatoms.